The van der Waals surface area contributed by atoms with Crippen LogP contribution >= 0.6 is 0 Å². The average Bonchev–Trinajstić information content (AvgIpc) is 2.71. The van der Waals surface area contributed by atoms with Crippen LogP contribution < -0.4 is 10.2 Å². The fraction of sp³-hybridized carbons (Fsp3) is 0. The number of ether oxygens (including phenoxy) is 1. The quantitative estimate of drug-likeness (QED) is 0.320. The summed E-state index contributed by atoms with van der Waals surface area (Å²) in [5, 5.41) is 19.7. The van der Waals surface area contributed by atoms with Gasteiger partial charge in [-0.25, -0.2) is 4.79 Å². The summed E-state index contributed by atoms with van der Waals surface area (Å²) in [6.45, 7) is 0. The predicted molar refractivity (Wildman–Crippen MR) is 100 cm³/mol. The summed E-state index contributed by atoms with van der Waals surface area (Å²) in [5.41, 5.74) is 0.261. The number of nitrogens with zero attached hydrogens (tertiary/aromatic N) is 1. The molecule has 0 fully saturated rings. The smallest absolute Gasteiger partial charge is 0.345 e. The van der Waals surface area contributed by atoms with Crippen LogP contribution in [0.2, 0.25) is 0 Å². The molecule has 28 heavy (non-hydrogen) atoms. The highest BCUT2D eigenvalue weighted by molar-refractivity contribution is 5.91. The summed E-state index contributed by atoms with van der Waals surface area (Å²) < 4.78 is 10.9. The number of benzene rings is 2. The van der Waals surface area contributed by atoms with Crippen molar-refractivity contribution in [2.24, 2.45) is 0 Å². The second-order valence-electron chi connectivity index (χ2n) is 5.94. The molecule has 0 unspecified atom stereocenters. The second kappa shape index (κ2) is 6.88. The minimum Gasteiger partial charge on any atom is -0.507 e. The molecule has 0 saturated carbocycles. The maximum Gasteiger partial charge on any atom is 0.345 e. The maximum atomic E-state index is 12.3. The molecule has 0 aliphatic rings. The molecule has 7 nitrogen and oxygen atoms in total. The van der Waals surface area contributed by atoms with Crippen LogP contribution in [0.4, 0.5) is 0 Å². The Hall–Kier alpha value is -4.13. The lowest BCUT2D eigenvalue weighted by atomic mass is 10.1. The minimum absolute atomic E-state index is 0.0919. The Morgan fingerprint density at radius 3 is 2.46 bits per heavy atom. The lowest BCUT2D eigenvalue weighted by Gasteiger charge is -2.07. The average molecular weight is 375 g/mol. The van der Waals surface area contributed by atoms with Gasteiger partial charge in [-0.1, -0.05) is 0 Å². The van der Waals surface area contributed by atoms with Crippen LogP contribution in [0.3, 0.4) is 0 Å². The van der Waals surface area contributed by atoms with Gasteiger partial charge in [-0.2, -0.15) is 0 Å². The summed E-state index contributed by atoms with van der Waals surface area (Å²) in [6, 6.07) is 13.2. The molecular weight excluding hydrogens is 362 g/mol. The Morgan fingerprint density at radius 1 is 1.00 bits per heavy atom. The van der Waals surface area contributed by atoms with E-state index in [0.29, 0.717) is 16.9 Å². The highest BCUT2D eigenvalue weighted by Gasteiger charge is 2.14. The summed E-state index contributed by atoms with van der Waals surface area (Å²) >= 11 is 0. The minimum atomic E-state index is -0.543. The first kappa shape index (κ1) is 17.3. The fourth-order valence-corrected chi connectivity index (χ4v) is 2.71. The van der Waals surface area contributed by atoms with E-state index in [-0.39, 0.29) is 28.2 Å². The van der Waals surface area contributed by atoms with E-state index < -0.39 is 11.4 Å². The van der Waals surface area contributed by atoms with Gasteiger partial charge in [0, 0.05) is 24.0 Å². The van der Waals surface area contributed by atoms with Crippen LogP contribution in [-0.2, 0) is 0 Å². The maximum absolute atomic E-state index is 12.3. The number of fused-ring (bicyclic) bond motifs is 1. The molecule has 0 radical (unpaired) electrons. The van der Waals surface area contributed by atoms with Crippen LogP contribution in [0.25, 0.3) is 22.3 Å². The number of esters is 1. The molecule has 2 heterocycles. The van der Waals surface area contributed by atoms with E-state index in [1.807, 2.05) is 0 Å². The van der Waals surface area contributed by atoms with E-state index in [1.165, 1.54) is 24.4 Å². The molecular formula is C21H13NO6. The number of rotatable bonds is 3. The Labute approximate surface area is 158 Å². The number of hydrogen-bond acceptors (Lipinski definition) is 7. The first-order chi connectivity index (χ1) is 13.5. The number of hydrogen-bond donors (Lipinski definition) is 2. The van der Waals surface area contributed by atoms with Gasteiger partial charge < -0.3 is 19.4 Å². The number of aromatic hydroxyl groups is 2. The van der Waals surface area contributed by atoms with Gasteiger partial charge in [-0.3, -0.25) is 9.78 Å². The molecule has 4 rings (SSSR count). The molecule has 4 aromatic rings. The Balaban J connectivity index is 1.65. The first-order valence-corrected chi connectivity index (χ1v) is 8.24. The van der Waals surface area contributed by atoms with Gasteiger partial charge >= 0.3 is 5.97 Å². The van der Waals surface area contributed by atoms with Crippen molar-refractivity contribution < 1.29 is 24.2 Å². The van der Waals surface area contributed by atoms with Crippen molar-refractivity contribution in [2.75, 3.05) is 0 Å². The van der Waals surface area contributed by atoms with Crippen LogP contribution in [0, 0.1) is 0 Å². The zero-order valence-electron chi connectivity index (χ0n) is 14.3. The molecule has 2 N–H and O–H groups in total. The monoisotopic (exact) mass is 375 g/mol. The SMILES string of the molecule is O=C(Oc1ccc(-c2cc(=O)c3c(O)ccc(O)c3o2)cc1)c1cccnc1. The highest BCUT2D eigenvalue weighted by atomic mass is 16.5. The molecule has 0 aliphatic heterocycles. The zero-order chi connectivity index (χ0) is 19.7. The van der Waals surface area contributed by atoms with Crippen molar-refractivity contribution in [3.05, 3.63) is 82.8 Å². The molecule has 2 aromatic heterocycles. The normalized spacial score (nSPS) is 10.7. The molecule has 0 spiro atoms. The number of carbonyl (C=O) groups is 1. The summed E-state index contributed by atoms with van der Waals surface area (Å²) in [5.74, 6) is -0.567. The van der Waals surface area contributed by atoms with Crippen molar-refractivity contribution in [3.8, 4) is 28.6 Å². The van der Waals surface area contributed by atoms with Gasteiger partial charge in [0.05, 0.1) is 5.56 Å². The summed E-state index contributed by atoms with van der Waals surface area (Å²) in [7, 11) is 0. The topological polar surface area (TPSA) is 110 Å². The van der Waals surface area contributed by atoms with Crippen molar-refractivity contribution in [3.63, 3.8) is 0 Å². The van der Waals surface area contributed by atoms with E-state index in [4.69, 9.17) is 9.15 Å². The summed E-state index contributed by atoms with van der Waals surface area (Å²) in [4.78, 5) is 28.2. The number of aromatic nitrogens is 1. The standard InChI is InChI=1S/C21H13NO6/c23-15-7-8-16(24)20-19(15)17(25)10-18(28-20)12-3-5-14(6-4-12)27-21(26)13-2-1-9-22-11-13/h1-11,23-24H. The Kier molecular flexibility index (Phi) is 4.25. The van der Waals surface area contributed by atoms with Crippen LogP contribution in [0.5, 0.6) is 17.2 Å². The third kappa shape index (κ3) is 3.16. The van der Waals surface area contributed by atoms with E-state index in [9.17, 15) is 19.8 Å². The van der Waals surface area contributed by atoms with E-state index in [2.05, 4.69) is 4.98 Å². The Bertz CT molecular complexity index is 1230. The molecule has 0 atom stereocenters. The second-order valence-corrected chi connectivity index (χ2v) is 5.94. The van der Waals surface area contributed by atoms with Gasteiger partial charge in [0.1, 0.15) is 22.6 Å². The predicted octanol–water partition coefficient (Wildman–Crippen LogP) is 3.49. The molecule has 0 saturated heterocycles. The van der Waals surface area contributed by atoms with E-state index in [1.54, 1.807) is 42.6 Å². The van der Waals surface area contributed by atoms with Crippen LogP contribution in [0.15, 0.2) is 76.2 Å². The van der Waals surface area contributed by atoms with Crippen LogP contribution in [0.1, 0.15) is 10.4 Å². The third-order valence-electron chi connectivity index (χ3n) is 4.08. The van der Waals surface area contributed by atoms with Crippen molar-refractivity contribution in [1.82, 2.24) is 4.98 Å². The number of pyridine rings is 1. The van der Waals surface area contributed by atoms with Gasteiger partial charge in [-0.15, -0.1) is 0 Å². The molecule has 0 aliphatic carbocycles. The fourth-order valence-electron chi connectivity index (χ4n) is 2.71. The van der Waals surface area contributed by atoms with Gasteiger partial charge in [-0.05, 0) is 48.5 Å². The van der Waals surface area contributed by atoms with Gasteiger partial charge in [0.25, 0.3) is 0 Å². The number of phenols is 2. The van der Waals surface area contributed by atoms with Crippen molar-refractivity contribution in [1.29, 1.82) is 0 Å². The number of carbonyl (C=O) groups excluding carboxylic acids is 1. The highest BCUT2D eigenvalue weighted by Crippen LogP contribution is 2.32. The molecule has 138 valence electrons. The lowest BCUT2D eigenvalue weighted by molar-refractivity contribution is 0.0734. The third-order valence-corrected chi connectivity index (χ3v) is 4.08. The van der Waals surface area contributed by atoms with E-state index >= 15 is 0 Å². The van der Waals surface area contributed by atoms with Gasteiger partial charge in [0.15, 0.2) is 16.8 Å². The molecule has 2 aromatic carbocycles. The Morgan fingerprint density at radius 2 is 1.75 bits per heavy atom. The van der Waals surface area contributed by atoms with E-state index in [0.717, 1.165) is 0 Å². The van der Waals surface area contributed by atoms with Crippen LogP contribution in [-0.4, -0.2) is 21.2 Å². The first-order valence-electron chi connectivity index (χ1n) is 8.24. The van der Waals surface area contributed by atoms with Crippen molar-refractivity contribution in [2.45, 2.75) is 0 Å². The zero-order valence-corrected chi connectivity index (χ0v) is 14.3. The molecule has 7 heteroatoms. The molecule has 0 bridgehead atoms. The largest absolute Gasteiger partial charge is 0.507 e. The number of phenolic OH excluding ortho intramolecular Hbond substituents is 2. The molecule has 0 amide bonds. The lowest BCUT2D eigenvalue weighted by Crippen LogP contribution is -2.08. The summed E-state index contributed by atoms with van der Waals surface area (Å²) in [6.07, 6.45) is 2.96. The van der Waals surface area contributed by atoms with Crippen molar-refractivity contribution >= 4 is 16.9 Å². The van der Waals surface area contributed by atoms with Gasteiger partial charge in [0.2, 0.25) is 0 Å².